The molecule has 0 aliphatic carbocycles. The van der Waals surface area contributed by atoms with Crippen LogP contribution in [-0.2, 0) is 11.3 Å². The van der Waals surface area contributed by atoms with Gasteiger partial charge in [-0.25, -0.2) is 0 Å². The zero-order chi connectivity index (χ0) is 10.4. The van der Waals surface area contributed by atoms with Crippen LogP contribution in [0, 0.1) is 0 Å². The summed E-state index contributed by atoms with van der Waals surface area (Å²) in [4.78, 5) is 17.3. The predicted molar refractivity (Wildman–Crippen MR) is 55.6 cm³/mol. The van der Waals surface area contributed by atoms with Gasteiger partial charge in [0.1, 0.15) is 0 Å². The van der Waals surface area contributed by atoms with E-state index in [0.29, 0.717) is 13.0 Å². The van der Waals surface area contributed by atoms with Crippen molar-refractivity contribution >= 4 is 5.91 Å². The molecule has 1 rings (SSSR count). The van der Waals surface area contributed by atoms with Gasteiger partial charge in [-0.15, -0.1) is 0 Å². The van der Waals surface area contributed by atoms with E-state index in [0.717, 1.165) is 12.1 Å². The zero-order valence-corrected chi connectivity index (χ0v) is 8.73. The van der Waals surface area contributed by atoms with E-state index in [1.54, 1.807) is 12.4 Å². The summed E-state index contributed by atoms with van der Waals surface area (Å²) in [6.07, 6.45) is 4.10. The van der Waals surface area contributed by atoms with E-state index >= 15 is 0 Å². The average molecular weight is 192 g/mol. The first-order chi connectivity index (χ1) is 6.77. The van der Waals surface area contributed by atoms with E-state index in [1.807, 2.05) is 30.9 Å². The zero-order valence-electron chi connectivity index (χ0n) is 8.73. The van der Waals surface area contributed by atoms with Gasteiger partial charge in [0.05, 0.1) is 0 Å². The monoisotopic (exact) mass is 192 g/mol. The van der Waals surface area contributed by atoms with Gasteiger partial charge in [0.15, 0.2) is 0 Å². The van der Waals surface area contributed by atoms with Crippen LogP contribution in [0.5, 0.6) is 0 Å². The average Bonchev–Trinajstić information content (AvgIpc) is 2.26. The number of amides is 1. The van der Waals surface area contributed by atoms with Crippen molar-refractivity contribution in [2.75, 3.05) is 6.54 Å². The summed E-state index contributed by atoms with van der Waals surface area (Å²) in [6.45, 7) is 5.29. The molecule has 0 saturated carbocycles. The minimum atomic E-state index is 0.191. The predicted octanol–water partition coefficient (Wildman–Crippen LogP) is 1.84. The van der Waals surface area contributed by atoms with Gasteiger partial charge in [-0.05, 0) is 18.6 Å². The SMILES string of the molecule is CCC(=O)N(CC)Cc1cccnc1. The molecule has 0 N–H and O–H groups in total. The molecule has 76 valence electrons. The van der Waals surface area contributed by atoms with Crippen LogP contribution < -0.4 is 0 Å². The Labute approximate surface area is 84.8 Å². The van der Waals surface area contributed by atoms with Crippen LogP contribution in [0.3, 0.4) is 0 Å². The highest BCUT2D eigenvalue weighted by Crippen LogP contribution is 2.03. The smallest absolute Gasteiger partial charge is 0.222 e. The Balaban J connectivity index is 2.62. The number of aromatic nitrogens is 1. The Hall–Kier alpha value is -1.38. The van der Waals surface area contributed by atoms with Gasteiger partial charge in [0.25, 0.3) is 0 Å². The number of carbonyl (C=O) groups excluding carboxylic acids is 1. The van der Waals surface area contributed by atoms with Gasteiger partial charge < -0.3 is 4.90 Å². The molecular weight excluding hydrogens is 176 g/mol. The van der Waals surface area contributed by atoms with Crippen LogP contribution in [-0.4, -0.2) is 22.3 Å². The third-order valence-electron chi connectivity index (χ3n) is 2.13. The molecule has 3 heteroatoms. The van der Waals surface area contributed by atoms with Crippen molar-refractivity contribution < 1.29 is 4.79 Å². The van der Waals surface area contributed by atoms with Crippen LogP contribution in [0.2, 0.25) is 0 Å². The molecule has 0 atom stereocenters. The minimum Gasteiger partial charge on any atom is -0.339 e. The molecule has 1 aromatic heterocycles. The van der Waals surface area contributed by atoms with Crippen molar-refractivity contribution in [2.45, 2.75) is 26.8 Å². The van der Waals surface area contributed by atoms with E-state index in [1.165, 1.54) is 0 Å². The lowest BCUT2D eigenvalue weighted by Gasteiger charge is -2.19. The molecule has 0 aliphatic rings. The molecule has 0 fully saturated rings. The molecule has 14 heavy (non-hydrogen) atoms. The van der Waals surface area contributed by atoms with E-state index in [-0.39, 0.29) is 5.91 Å². The number of pyridine rings is 1. The first-order valence-electron chi connectivity index (χ1n) is 4.94. The van der Waals surface area contributed by atoms with Crippen molar-refractivity contribution in [3.05, 3.63) is 30.1 Å². The van der Waals surface area contributed by atoms with E-state index < -0.39 is 0 Å². The summed E-state index contributed by atoms with van der Waals surface area (Å²) < 4.78 is 0. The van der Waals surface area contributed by atoms with Crippen molar-refractivity contribution in [1.82, 2.24) is 9.88 Å². The fourth-order valence-electron chi connectivity index (χ4n) is 1.31. The van der Waals surface area contributed by atoms with Gasteiger partial charge in [-0.1, -0.05) is 13.0 Å². The molecule has 0 unspecified atom stereocenters. The lowest BCUT2D eigenvalue weighted by molar-refractivity contribution is -0.131. The maximum Gasteiger partial charge on any atom is 0.222 e. The quantitative estimate of drug-likeness (QED) is 0.729. The van der Waals surface area contributed by atoms with E-state index in [4.69, 9.17) is 0 Å². The Kier molecular flexibility index (Phi) is 4.11. The molecule has 1 amide bonds. The molecular formula is C11H16N2O. The first kappa shape index (κ1) is 10.7. The van der Waals surface area contributed by atoms with Gasteiger partial charge in [0.2, 0.25) is 5.91 Å². The Morgan fingerprint density at radius 3 is 2.79 bits per heavy atom. The number of carbonyl (C=O) groups is 1. The maximum atomic E-state index is 11.5. The summed E-state index contributed by atoms with van der Waals surface area (Å²) in [5, 5.41) is 0. The van der Waals surface area contributed by atoms with Crippen molar-refractivity contribution in [1.29, 1.82) is 0 Å². The van der Waals surface area contributed by atoms with Crippen LogP contribution in [0.15, 0.2) is 24.5 Å². The Morgan fingerprint density at radius 2 is 2.29 bits per heavy atom. The second-order valence-electron chi connectivity index (χ2n) is 3.12. The summed E-state index contributed by atoms with van der Waals surface area (Å²) in [5.41, 5.74) is 1.08. The molecule has 3 nitrogen and oxygen atoms in total. The topological polar surface area (TPSA) is 33.2 Å². The molecule has 0 aromatic carbocycles. The van der Waals surface area contributed by atoms with Crippen LogP contribution in [0.4, 0.5) is 0 Å². The summed E-state index contributed by atoms with van der Waals surface area (Å²) in [6, 6.07) is 3.87. The molecule has 0 radical (unpaired) electrons. The van der Waals surface area contributed by atoms with Crippen molar-refractivity contribution in [3.8, 4) is 0 Å². The molecule has 0 spiro atoms. The highest BCUT2D eigenvalue weighted by molar-refractivity contribution is 5.75. The van der Waals surface area contributed by atoms with Crippen LogP contribution in [0.1, 0.15) is 25.8 Å². The fourth-order valence-corrected chi connectivity index (χ4v) is 1.31. The Morgan fingerprint density at radius 1 is 1.50 bits per heavy atom. The second-order valence-corrected chi connectivity index (χ2v) is 3.12. The minimum absolute atomic E-state index is 0.191. The molecule has 0 saturated heterocycles. The standard InChI is InChI=1S/C11H16N2O/c1-3-11(14)13(4-2)9-10-6-5-7-12-8-10/h5-8H,3-4,9H2,1-2H3. The fraction of sp³-hybridized carbons (Fsp3) is 0.455. The first-order valence-corrected chi connectivity index (χ1v) is 4.94. The lowest BCUT2D eigenvalue weighted by Crippen LogP contribution is -2.29. The third kappa shape index (κ3) is 2.83. The highest BCUT2D eigenvalue weighted by atomic mass is 16.2. The Bertz CT molecular complexity index is 285. The van der Waals surface area contributed by atoms with E-state index in [9.17, 15) is 4.79 Å². The van der Waals surface area contributed by atoms with Crippen molar-refractivity contribution in [2.24, 2.45) is 0 Å². The molecule has 1 heterocycles. The maximum absolute atomic E-state index is 11.5. The number of hydrogen-bond acceptors (Lipinski definition) is 2. The number of hydrogen-bond donors (Lipinski definition) is 0. The lowest BCUT2D eigenvalue weighted by atomic mass is 10.2. The number of rotatable bonds is 4. The van der Waals surface area contributed by atoms with Gasteiger partial charge in [-0.2, -0.15) is 0 Å². The van der Waals surface area contributed by atoms with Crippen LogP contribution in [0.25, 0.3) is 0 Å². The molecule has 1 aromatic rings. The third-order valence-corrected chi connectivity index (χ3v) is 2.13. The van der Waals surface area contributed by atoms with Crippen LogP contribution >= 0.6 is 0 Å². The van der Waals surface area contributed by atoms with Gasteiger partial charge in [0, 0.05) is 31.9 Å². The summed E-state index contributed by atoms with van der Waals surface area (Å²) in [7, 11) is 0. The molecule has 0 bridgehead atoms. The largest absolute Gasteiger partial charge is 0.339 e. The van der Waals surface area contributed by atoms with E-state index in [2.05, 4.69) is 4.98 Å². The highest BCUT2D eigenvalue weighted by Gasteiger charge is 2.08. The van der Waals surface area contributed by atoms with Gasteiger partial charge >= 0.3 is 0 Å². The second kappa shape index (κ2) is 5.37. The van der Waals surface area contributed by atoms with Crippen molar-refractivity contribution in [3.63, 3.8) is 0 Å². The number of nitrogens with zero attached hydrogens (tertiary/aromatic N) is 2. The summed E-state index contributed by atoms with van der Waals surface area (Å²) in [5.74, 6) is 0.191. The molecule has 0 aliphatic heterocycles. The summed E-state index contributed by atoms with van der Waals surface area (Å²) >= 11 is 0. The van der Waals surface area contributed by atoms with Gasteiger partial charge in [-0.3, -0.25) is 9.78 Å². The normalized spacial score (nSPS) is 9.86.